The number of aromatic nitrogens is 1. The molecule has 0 amide bonds. The van der Waals surface area contributed by atoms with Gasteiger partial charge in [-0.05, 0) is 26.7 Å². The van der Waals surface area contributed by atoms with Crippen molar-refractivity contribution < 1.29 is 13.2 Å². The van der Waals surface area contributed by atoms with Gasteiger partial charge >= 0.3 is 4.87 Å². The summed E-state index contributed by atoms with van der Waals surface area (Å²) in [6.07, 6.45) is 1.26. The fourth-order valence-electron chi connectivity index (χ4n) is 1.94. The molecule has 2 heterocycles. The smallest absolute Gasteiger partial charge is 0.305 e. The van der Waals surface area contributed by atoms with Gasteiger partial charge in [0.2, 0.25) is 0 Å². The summed E-state index contributed by atoms with van der Waals surface area (Å²) < 4.78 is 32.5. The molecular formula is C10H16N2O4S2. The first kappa shape index (κ1) is 13.7. The zero-order valence-electron chi connectivity index (χ0n) is 10.3. The average molecular weight is 292 g/mol. The van der Waals surface area contributed by atoms with Gasteiger partial charge in [-0.1, -0.05) is 11.3 Å². The van der Waals surface area contributed by atoms with Gasteiger partial charge in [-0.3, -0.25) is 4.79 Å². The molecule has 0 unspecified atom stereocenters. The lowest BCUT2D eigenvalue weighted by Gasteiger charge is -2.33. The largest absolute Gasteiger partial charge is 0.381 e. The van der Waals surface area contributed by atoms with Gasteiger partial charge in [0.05, 0.1) is 0 Å². The Morgan fingerprint density at radius 2 is 2.00 bits per heavy atom. The van der Waals surface area contributed by atoms with Crippen molar-refractivity contribution in [1.82, 2.24) is 9.71 Å². The first-order chi connectivity index (χ1) is 8.32. The van der Waals surface area contributed by atoms with E-state index in [1.165, 1.54) is 0 Å². The summed E-state index contributed by atoms with van der Waals surface area (Å²) in [5.74, 6) is 0. The fourth-order valence-corrected chi connectivity index (χ4v) is 4.71. The molecule has 6 nitrogen and oxygen atoms in total. The van der Waals surface area contributed by atoms with Crippen molar-refractivity contribution in [1.29, 1.82) is 0 Å². The highest BCUT2D eigenvalue weighted by molar-refractivity contribution is 7.91. The maximum Gasteiger partial charge on any atom is 0.305 e. The van der Waals surface area contributed by atoms with Crippen LogP contribution >= 0.6 is 11.3 Å². The van der Waals surface area contributed by atoms with Gasteiger partial charge in [0.1, 0.15) is 0 Å². The number of sulfonamides is 1. The SMILES string of the molecule is Cc1[nH]c(=O)sc1S(=O)(=O)NC1(C)CCOCC1. The van der Waals surface area contributed by atoms with E-state index in [0.29, 0.717) is 43.1 Å². The molecule has 0 spiro atoms. The molecule has 1 fully saturated rings. The van der Waals surface area contributed by atoms with Crippen molar-refractivity contribution >= 4 is 21.4 Å². The van der Waals surface area contributed by atoms with E-state index in [-0.39, 0.29) is 9.08 Å². The Balaban J connectivity index is 2.27. The second-order valence-electron chi connectivity index (χ2n) is 4.71. The number of H-pyrrole nitrogens is 1. The zero-order valence-corrected chi connectivity index (χ0v) is 11.9. The number of rotatable bonds is 3. The molecule has 0 radical (unpaired) electrons. The number of aryl methyl sites for hydroxylation is 1. The summed E-state index contributed by atoms with van der Waals surface area (Å²) in [5, 5.41) is 0. The second-order valence-corrected chi connectivity index (χ2v) is 7.57. The first-order valence-electron chi connectivity index (χ1n) is 5.64. The topological polar surface area (TPSA) is 88.3 Å². The Hall–Kier alpha value is -0.700. The van der Waals surface area contributed by atoms with Crippen LogP contribution in [-0.4, -0.2) is 32.2 Å². The lowest BCUT2D eigenvalue weighted by Crippen LogP contribution is -2.49. The highest BCUT2D eigenvalue weighted by Gasteiger charge is 2.34. The van der Waals surface area contributed by atoms with E-state index < -0.39 is 15.6 Å². The summed E-state index contributed by atoms with van der Waals surface area (Å²) in [5.41, 5.74) is -0.121. The Morgan fingerprint density at radius 3 is 2.50 bits per heavy atom. The monoisotopic (exact) mass is 292 g/mol. The third-order valence-corrected chi connectivity index (χ3v) is 6.25. The molecule has 1 aromatic heterocycles. The standard InChI is InChI=1S/C10H16N2O4S2/c1-7-8(17-9(13)11-7)18(14,15)12-10(2)3-5-16-6-4-10/h12H,3-6H2,1-2H3,(H,11,13). The van der Waals surface area contributed by atoms with Crippen molar-refractivity contribution in [2.24, 2.45) is 0 Å². The average Bonchev–Trinajstić information content (AvgIpc) is 2.58. The molecule has 1 aliphatic heterocycles. The van der Waals surface area contributed by atoms with E-state index in [9.17, 15) is 13.2 Å². The van der Waals surface area contributed by atoms with Crippen LogP contribution in [0.1, 0.15) is 25.5 Å². The van der Waals surface area contributed by atoms with Gasteiger partial charge in [0.15, 0.2) is 4.21 Å². The van der Waals surface area contributed by atoms with Crippen LogP contribution in [0.4, 0.5) is 0 Å². The zero-order chi connectivity index (χ0) is 13.4. The van der Waals surface area contributed by atoms with E-state index >= 15 is 0 Å². The molecule has 0 saturated carbocycles. The van der Waals surface area contributed by atoms with Crippen molar-refractivity contribution in [2.45, 2.75) is 36.4 Å². The number of thiazole rings is 1. The molecule has 0 atom stereocenters. The Labute approximate surface area is 109 Å². The number of hydrogen-bond acceptors (Lipinski definition) is 5. The van der Waals surface area contributed by atoms with Crippen LogP contribution in [0.2, 0.25) is 0 Å². The van der Waals surface area contributed by atoms with Crippen LogP contribution in [0.3, 0.4) is 0 Å². The van der Waals surface area contributed by atoms with Gasteiger partial charge < -0.3 is 9.72 Å². The maximum atomic E-state index is 12.2. The molecule has 2 N–H and O–H groups in total. The van der Waals surface area contributed by atoms with Crippen molar-refractivity contribution in [3.8, 4) is 0 Å². The molecule has 1 saturated heterocycles. The number of nitrogens with one attached hydrogen (secondary N) is 2. The molecule has 102 valence electrons. The van der Waals surface area contributed by atoms with E-state index in [1.807, 2.05) is 6.92 Å². The van der Waals surface area contributed by atoms with Crippen molar-refractivity contribution in [3.63, 3.8) is 0 Å². The molecule has 1 aromatic rings. The molecule has 1 aliphatic rings. The van der Waals surface area contributed by atoms with E-state index in [0.717, 1.165) is 0 Å². The summed E-state index contributed by atoms with van der Waals surface area (Å²) in [6, 6.07) is 0. The molecule has 2 rings (SSSR count). The minimum absolute atomic E-state index is 0.0696. The van der Waals surface area contributed by atoms with Gasteiger partial charge in [-0.25, -0.2) is 13.1 Å². The van der Waals surface area contributed by atoms with Crippen LogP contribution in [0.5, 0.6) is 0 Å². The van der Waals surface area contributed by atoms with Gasteiger partial charge in [0, 0.05) is 24.4 Å². The second kappa shape index (κ2) is 4.76. The predicted molar refractivity (Wildman–Crippen MR) is 68.5 cm³/mol. The Kier molecular flexibility index (Phi) is 3.63. The third-order valence-electron chi connectivity index (χ3n) is 3.00. The Morgan fingerprint density at radius 1 is 1.39 bits per heavy atom. The summed E-state index contributed by atoms with van der Waals surface area (Å²) in [6.45, 7) is 4.53. The fraction of sp³-hybridized carbons (Fsp3) is 0.700. The van der Waals surface area contributed by atoms with Crippen molar-refractivity contribution in [3.05, 3.63) is 15.4 Å². The molecule has 0 aromatic carbocycles. The summed E-state index contributed by atoms with van der Waals surface area (Å²) >= 11 is 0.716. The van der Waals surface area contributed by atoms with Crippen LogP contribution in [0, 0.1) is 6.92 Å². The number of ether oxygens (including phenoxy) is 1. The van der Waals surface area contributed by atoms with Crippen LogP contribution < -0.4 is 9.60 Å². The predicted octanol–water partition coefficient (Wildman–Crippen LogP) is 0.592. The van der Waals surface area contributed by atoms with E-state index in [4.69, 9.17) is 4.74 Å². The minimum atomic E-state index is -3.65. The van der Waals surface area contributed by atoms with Gasteiger partial charge in [0.25, 0.3) is 10.0 Å². The highest BCUT2D eigenvalue weighted by atomic mass is 32.2. The Bertz CT molecular complexity index is 581. The van der Waals surface area contributed by atoms with Gasteiger partial charge in [-0.15, -0.1) is 0 Å². The molecule has 0 bridgehead atoms. The minimum Gasteiger partial charge on any atom is -0.381 e. The third kappa shape index (κ3) is 2.82. The first-order valence-corrected chi connectivity index (χ1v) is 7.94. The quantitative estimate of drug-likeness (QED) is 0.853. The molecule has 8 heteroatoms. The summed E-state index contributed by atoms with van der Waals surface area (Å²) in [4.78, 5) is 13.3. The summed E-state index contributed by atoms with van der Waals surface area (Å²) in [7, 11) is -3.65. The van der Waals surface area contributed by atoms with E-state index in [2.05, 4.69) is 9.71 Å². The van der Waals surface area contributed by atoms with E-state index in [1.54, 1.807) is 6.92 Å². The number of aromatic amines is 1. The van der Waals surface area contributed by atoms with Crippen LogP contribution in [-0.2, 0) is 14.8 Å². The lowest BCUT2D eigenvalue weighted by atomic mass is 9.94. The van der Waals surface area contributed by atoms with Crippen LogP contribution in [0.15, 0.2) is 9.00 Å². The molecule has 0 aliphatic carbocycles. The highest BCUT2D eigenvalue weighted by Crippen LogP contribution is 2.24. The van der Waals surface area contributed by atoms with Crippen LogP contribution in [0.25, 0.3) is 0 Å². The lowest BCUT2D eigenvalue weighted by molar-refractivity contribution is 0.0538. The normalized spacial score (nSPS) is 19.9. The molecule has 18 heavy (non-hydrogen) atoms. The van der Waals surface area contributed by atoms with Crippen molar-refractivity contribution in [2.75, 3.05) is 13.2 Å². The number of hydrogen-bond donors (Lipinski definition) is 2. The van der Waals surface area contributed by atoms with Gasteiger partial charge in [-0.2, -0.15) is 0 Å². The maximum absolute atomic E-state index is 12.2. The molecular weight excluding hydrogens is 276 g/mol.